The molecule has 0 aliphatic heterocycles. The molecule has 2 aromatic rings. The Kier molecular flexibility index (Phi) is 4.78. The van der Waals surface area contributed by atoms with Crippen LogP contribution in [-0.2, 0) is 0 Å². The summed E-state index contributed by atoms with van der Waals surface area (Å²) in [5.74, 6) is 2.72. The average Bonchev–Trinajstić information content (AvgIpc) is 2.47. The molecule has 0 fully saturated rings. The molecule has 1 N–H and O–H groups in total. The quantitative estimate of drug-likeness (QED) is 0.821. The number of rotatable bonds is 5. The molecule has 2 rings (SSSR count). The van der Waals surface area contributed by atoms with Gasteiger partial charge in [0.25, 0.3) is 0 Å². The second-order valence-corrected chi connectivity index (χ2v) is 4.51. The Labute approximate surface area is 122 Å². The van der Waals surface area contributed by atoms with E-state index in [-0.39, 0.29) is 11.8 Å². The summed E-state index contributed by atoms with van der Waals surface area (Å²) in [6.45, 7) is -0.973. The van der Waals surface area contributed by atoms with Crippen LogP contribution in [0.3, 0.4) is 0 Å². The zero-order valence-corrected chi connectivity index (χ0v) is 11.5. The summed E-state index contributed by atoms with van der Waals surface area (Å²) in [6, 6.07) is 13.9. The Morgan fingerprint density at radius 2 is 1.90 bits per heavy atom. The van der Waals surface area contributed by atoms with E-state index in [0.29, 0.717) is 5.56 Å². The lowest BCUT2D eigenvalue weighted by Crippen LogP contribution is -2.11. The second-order valence-electron chi connectivity index (χ2n) is 4.51. The van der Waals surface area contributed by atoms with Crippen molar-refractivity contribution in [2.45, 2.75) is 19.6 Å². The normalized spacial score (nSPS) is 11.8. The lowest BCUT2D eigenvalue weighted by molar-refractivity contribution is -0.0505. The first-order chi connectivity index (χ1) is 10.1. The molecule has 1 unspecified atom stereocenters. The van der Waals surface area contributed by atoms with Crippen LogP contribution in [0.4, 0.5) is 14.5 Å². The van der Waals surface area contributed by atoms with Gasteiger partial charge < -0.3 is 10.1 Å². The van der Waals surface area contributed by atoms with Crippen molar-refractivity contribution in [3.63, 3.8) is 0 Å². The van der Waals surface area contributed by atoms with Gasteiger partial charge in [-0.05, 0) is 31.2 Å². The van der Waals surface area contributed by atoms with Crippen molar-refractivity contribution >= 4 is 5.69 Å². The summed E-state index contributed by atoms with van der Waals surface area (Å²) in [7, 11) is 0. The number of ether oxygens (including phenoxy) is 1. The summed E-state index contributed by atoms with van der Waals surface area (Å²) in [6.07, 6.45) is 5.36. The van der Waals surface area contributed by atoms with Gasteiger partial charge in [0.2, 0.25) is 0 Å². The van der Waals surface area contributed by atoms with E-state index in [4.69, 9.17) is 6.42 Å². The molecule has 0 bridgehead atoms. The minimum absolute atomic E-state index is 0.167. The van der Waals surface area contributed by atoms with E-state index in [9.17, 15) is 8.78 Å². The zero-order chi connectivity index (χ0) is 15.2. The Bertz CT molecular complexity index is 649. The van der Waals surface area contributed by atoms with E-state index in [1.165, 1.54) is 6.07 Å². The van der Waals surface area contributed by atoms with Crippen LogP contribution in [-0.4, -0.2) is 6.61 Å². The number of hydrogen-bond acceptors (Lipinski definition) is 2. The fourth-order valence-electron chi connectivity index (χ4n) is 2.07. The first kappa shape index (κ1) is 14.9. The molecule has 0 aliphatic carbocycles. The number of halogens is 2. The molecule has 0 aromatic heterocycles. The molecule has 0 amide bonds. The Morgan fingerprint density at radius 3 is 2.62 bits per heavy atom. The van der Waals surface area contributed by atoms with Crippen molar-refractivity contribution in [3.05, 3.63) is 59.7 Å². The van der Waals surface area contributed by atoms with E-state index in [1.807, 2.05) is 31.2 Å². The van der Waals surface area contributed by atoms with Gasteiger partial charge in [0.1, 0.15) is 5.75 Å². The zero-order valence-electron chi connectivity index (χ0n) is 11.5. The predicted octanol–water partition coefficient (Wildman–Crippen LogP) is 4.44. The van der Waals surface area contributed by atoms with Gasteiger partial charge in [0.05, 0.1) is 6.04 Å². The van der Waals surface area contributed by atoms with E-state index >= 15 is 0 Å². The third kappa shape index (κ3) is 3.96. The highest BCUT2D eigenvalue weighted by Gasteiger charge is 2.14. The number of benzene rings is 2. The van der Waals surface area contributed by atoms with Crippen molar-refractivity contribution < 1.29 is 13.5 Å². The number of hydrogen-bond donors (Lipinski definition) is 1. The van der Waals surface area contributed by atoms with Crippen molar-refractivity contribution in [3.8, 4) is 18.1 Å². The van der Waals surface area contributed by atoms with Crippen LogP contribution in [0, 0.1) is 12.3 Å². The van der Waals surface area contributed by atoms with Gasteiger partial charge in [-0.15, -0.1) is 6.42 Å². The Balaban J connectivity index is 2.20. The number of anilines is 1. The molecular formula is C17H15F2NO. The van der Waals surface area contributed by atoms with Gasteiger partial charge in [-0.1, -0.05) is 30.2 Å². The second kappa shape index (κ2) is 6.76. The molecule has 2 nitrogen and oxygen atoms in total. The fourth-order valence-corrected chi connectivity index (χ4v) is 2.07. The predicted molar refractivity (Wildman–Crippen MR) is 79.5 cm³/mol. The molecule has 1 atom stereocenters. The summed E-state index contributed by atoms with van der Waals surface area (Å²) in [4.78, 5) is 0. The Morgan fingerprint density at radius 1 is 1.14 bits per heavy atom. The third-order valence-electron chi connectivity index (χ3n) is 3.01. The Hall–Kier alpha value is -2.54. The van der Waals surface area contributed by atoms with Crippen LogP contribution in [0.15, 0.2) is 48.5 Å². The molecule has 0 heterocycles. The van der Waals surface area contributed by atoms with Crippen molar-refractivity contribution in [1.29, 1.82) is 0 Å². The van der Waals surface area contributed by atoms with Crippen molar-refractivity contribution in [2.75, 3.05) is 5.32 Å². The highest BCUT2D eigenvalue weighted by molar-refractivity contribution is 5.52. The lowest BCUT2D eigenvalue weighted by Gasteiger charge is -2.19. The van der Waals surface area contributed by atoms with Crippen LogP contribution in [0.1, 0.15) is 24.1 Å². The van der Waals surface area contributed by atoms with Gasteiger partial charge in [0, 0.05) is 16.8 Å². The summed E-state index contributed by atoms with van der Waals surface area (Å²) in [5, 5.41) is 3.23. The van der Waals surface area contributed by atoms with Crippen molar-refractivity contribution in [2.24, 2.45) is 0 Å². The maximum absolute atomic E-state index is 12.4. The molecule has 0 saturated carbocycles. The molecular weight excluding hydrogens is 272 g/mol. The number of para-hydroxylation sites is 1. The third-order valence-corrected chi connectivity index (χ3v) is 3.01. The molecule has 0 saturated heterocycles. The SMILES string of the molecule is C#Cc1cccc(NC(C)c2ccccc2OC(F)F)c1. The fraction of sp³-hybridized carbons (Fsp3) is 0.176. The molecule has 0 spiro atoms. The minimum Gasteiger partial charge on any atom is -0.434 e. The maximum atomic E-state index is 12.4. The summed E-state index contributed by atoms with van der Waals surface area (Å²) >= 11 is 0. The topological polar surface area (TPSA) is 21.3 Å². The van der Waals surface area contributed by atoms with Gasteiger partial charge in [-0.25, -0.2) is 0 Å². The van der Waals surface area contributed by atoms with Crippen molar-refractivity contribution in [1.82, 2.24) is 0 Å². The molecule has 108 valence electrons. The lowest BCUT2D eigenvalue weighted by atomic mass is 10.1. The standard InChI is InChI=1S/C17H15F2NO/c1-3-13-7-6-8-14(11-13)20-12(2)15-9-4-5-10-16(15)21-17(18)19/h1,4-12,17,20H,2H3. The summed E-state index contributed by atoms with van der Waals surface area (Å²) < 4.78 is 29.4. The van der Waals surface area contributed by atoms with Crippen LogP contribution in [0.2, 0.25) is 0 Å². The molecule has 4 heteroatoms. The van der Waals surface area contributed by atoms with Crippen LogP contribution < -0.4 is 10.1 Å². The van der Waals surface area contributed by atoms with Gasteiger partial charge in [-0.2, -0.15) is 8.78 Å². The maximum Gasteiger partial charge on any atom is 0.387 e. The van der Waals surface area contributed by atoms with E-state index in [1.54, 1.807) is 18.2 Å². The first-order valence-corrected chi connectivity index (χ1v) is 6.47. The molecule has 2 aromatic carbocycles. The monoisotopic (exact) mass is 287 g/mol. The number of terminal acetylenes is 1. The van der Waals surface area contributed by atoms with Gasteiger partial charge >= 0.3 is 6.61 Å². The smallest absolute Gasteiger partial charge is 0.387 e. The largest absolute Gasteiger partial charge is 0.434 e. The molecule has 0 aliphatic rings. The van der Waals surface area contributed by atoms with Gasteiger partial charge in [0.15, 0.2) is 0 Å². The van der Waals surface area contributed by atoms with Crippen LogP contribution in [0.5, 0.6) is 5.75 Å². The van der Waals surface area contributed by atoms with E-state index in [0.717, 1.165) is 11.3 Å². The van der Waals surface area contributed by atoms with E-state index in [2.05, 4.69) is 16.0 Å². The summed E-state index contributed by atoms with van der Waals surface area (Å²) in [5.41, 5.74) is 2.23. The average molecular weight is 287 g/mol. The van der Waals surface area contributed by atoms with Crippen LogP contribution >= 0.6 is 0 Å². The first-order valence-electron chi connectivity index (χ1n) is 6.47. The highest BCUT2D eigenvalue weighted by Crippen LogP contribution is 2.28. The molecule has 0 radical (unpaired) electrons. The molecule has 21 heavy (non-hydrogen) atoms. The number of alkyl halides is 2. The minimum atomic E-state index is -2.84. The van der Waals surface area contributed by atoms with Crippen LogP contribution in [0.25, 0.3) is 0 Å². The van der Waals surface area contributed by atoms with Gasteiger partial charge in [-0.3, -0.25) is 0 Å². The number of nitrogens with one attached hydrogen (secondary N) is 1. The highest BCUT2D eigenvalue weighted by atomic mass is 19.3. The van der Waals surface area contributed by atoms with E-state index < -0.39 is 6.61 Å².